The van der Waals surface area contributed by atoms with Gasteiger partial charge in [0, 0.05) is 16.9 Å². The van der Waals surface area contributed by atoms with Crippen molar-refractivity contribution in [3.8, 4) is 5.75 Å². The van der Waals surface area contributed by atoms with Crippen LogP contribution < -0.4 is 4.74 Å². The highest BCUT2D eigenvalue weighted by Gasteiger charge is 2.19. The minimum absolute atomic E-state index is 0.351. The highest BCUT2D eigenvalue weighted by atomic mass is 16.5. The van der Waals surface area contributed by atoms with E-state index >= 15 is 0 Å². The third kappa shape index (κ3) is 1.63. The van der Waals surface area contributed by atoms with Crippen LogP contribution in [-0.2, 0) is 0 Å². The van der Waals surface area contributed by atoms with Crippen LogP contribution in [0.4, 0.5) is 0 Å². The van der Waals surface area contributed by atoms with Crippen LogP contribution in [0.15, 0.2) is 60.2 Å². The molecule has 0 heterocycles. The minimum atomic E-state index is 0.351. The number of benzene rings is 2. The van der Waals surface area contributed by atoms with Gasteiger partial charge in [-0.15, -0.1) is 0 Å². The summed E-state index contributed by atoms with van der Waals surface area (Å²) in [5, 5.41) is 2.41. The Labute approximate surface area is 107 Å². The minimum Gasteiger partial charge on any atom is -0.496 e. The summed E-state index contributed by atoms with van der Waals surface area (Å²) in [5.74, 6) is 1.35. The van der Waals surface area contributed by atoms with Crippen molar-refractivity contribution in [1.29, 1.82) is 0 Å². The van der Waals surface area contributed by atoms with Crippen LogP contribution in [0.25, 0.3) is 10.8 Å². The van der Waals surface area contributed by atoms with Crippen molar-refractivity contribution >= 4 is 10.8 Å². The molecule has 0 saturated carbocycles. The molecule has 3 rings (SSSR count). The predicted molar refractivity (Wildman–Crippen MR) is 76.1 cm³/mol. The van der Waals surface area contributed by atoms with Crippen LogP contribution in [0, 0.1) is 0 Å². The van der Waals surface area contributed by atoms with Gasteiger partial charge in [-0.3, -0.25) is 0 Å². The van der Waals surface area contributed by atoms with Crippen molar-refractivity contribution in [2.75, 3.05) is 7.11 Å². The van der Waals surface area contributed by atoms with Crippen LogP contribution in [0.3, 0.4) is 0 Å². The van der Waals surface area contributed by atoms with E-state index in [-0.39, 0.29) is 0 Å². The van der Waals surface area contributed by atoms with Gasteiger partial charge < -0.3 is 4.74 Å². The maximum absolute atomic E-state index is 5.66. The molecular weight excluding hydrogens is 220 g/mol. The fraction of sp³-hybridized carbons (Fsp3) is 0.176. The van der Waals surface area contributed by atoms with E-state index in [0.29, 0.717) is 5.92 Å². The fourth-order valence-electron chi connectivity index (χ4n) is 2.66. The van der Waals surface area contributed by atoms with Gasteiger partial charge in [-0.25, -0.2) is 0 Å². The number of methoxy groups -OCH3 is 1. The molecule has 0 amide bonds. The zero-order valence-corrected chi connectivity index (χ0v) is 10.7. The van der Waals surface area contributed by atoms with Gasteiger partial charge in [-0.05, 0) is 12.3 Å². The Balaban J connectivity index is 2.24. The molecule has 2 aromatic carbocycles. The van der Waals surface area contributed by atoms with Crippen LogP contribution in [0.5, 0.6) is 5.75 Å². The maximum Gasteiger partial charge on any atom is 0.130 e. The summed E-state index contributed by atoms with van der Waals surface area (Å²) in [6.45, 7) is 2.17. The first kappa shape index (κ1) is 11.1. The van der Waals surface area contributed by atoms with E-state index in [2.05, 4.69) is 61.5 Å². The standard InChI is InChI=1S/C17H16O/c1-12-6-5-9-14(12)16-11-10-13-7-3-4-8-15(13)17(16)18-2/h3-11,14H,1-2H3. The van der Waals surface area contributed by atoms with Gasteiger partial charge in [0.2, 0.25) is 0 Å². The zero-order valence-electron chi connectivity index (χ0n) is 10.7. The van der Waals surface area contributed by atoms with Gasteiger partial charge in [0.05, 0.1) is 7.11 Å². The van der Waals surface area contributed by atoms with Gasteiger partial charge >= 0.3 is 0 Å². The first-order valence-electron chi connectivity index (χ1n) is 6.22. The first-order chi connectivity index (χ1) is 8.81. The quantitative estimate of drug-likeness (QED) is 0.748. The molecule has 0 spiro atoms. The molecule has 1 nitrogen and oxygen atoms in total. The molecule has 0 aliphatic heterocycles. The molecule has 2 aromatic rings. The lowest BCUT2D eigenvalue weighted by Gasteiger charge is -2.17. The smallest absolute Gasteiger partial charge is 0.130 e. The Bertz CT molecular complexity index is 650. The summed E-state index contributed by atoms with van der Waals surface area (Å²) in [5.41, 5.74) is 2.61. The second-order valence-electron chi connectivity index (χ2n) is 4.68. The van der Waals surface area contributed by atoms with Gasteiger partial charge in [0.15, 0.2) is 0 Å². The molecule has 0 radical (unpaired) electrons. The molecule has 1 heteroatoms. The second-order valence-corrected chi connectivity index (χ2v) is 4.68. The molecule has 1 atom stereocenters. The second kappa shape index (κ2) is 4.34. The Morgan fingerprint density at radius 1 is 1.06 bits per heavy atom. The summed E-state index contributed by atoms with van der Waals surface area (Å²) in [6.07, 6.45) is 6.51. The Morgan fingerprint density at radius 2 is 1.89 bits per heavy atom. The summed E-state index contributed by atoms with van der Waals surface area (Å²) in [4.78, 5) is 0. The highest BCUT2D eigenvalue weighted by molar-refractivity contribution is 5.90. The van der Waals surface area contributed by atoms with Crippen molar-refractivity contribution in [3.05, 3.63) is 65.8 Å². The van der Waals surface area contributed by atoms with E-state index in [4.69, 9.17) is 4.74 Å². The molecule has 0 saturated heterocycles. The number of allylic oxidation sites excluding steroid dienone is 4. The Morgan fingerprint density at radius 3 is 2.61 bits per heavy atom. The van der Waals surface area contributed by atoms with Gasteiger partial charge in [-0.1, -0.05) is 60.2 Å². The van der Waals surface area contributed by atoms with Crippen molar-refractivity contribution in [1.82, 2.24) is 0 Å². The van der Waals surface area contributed by atoms with E-state index in [1.807, 2.05) is 0 Å². The average molecular weight is 236 g/mol. The van der Waals surface area contributed by atoms with Gasteiger partial charge in [0.25, 0.3) is 0 Å². The average Bonchev–Trinajstić information content (AvgIpc) is 2.83. The van der Waals surface area contributed by atoms with Crippen LogP contribution in [0.1, 0.15) is 18.4 Å². The molecular formula is C17H16O. The maximum atomic E-state index is 5.66. The number of fused-ring (bicyclic) bond motifs is 1. The van der Waals surface area contributed by atoms with E-state index in [9.17, 15) is 0 Å². The zero-order chi connectivity index (χ0) is 12.5. The summed E-state index contributed by atoms with van der Waals surface area (Å²) in [6, 6.07) is 12.7. The molecule has 0 aromatic heterocycles. The number of ether oxygens (including phenoxy) is 1. The Hall–Kier alpha value is -2.02. The Kier molecular flexibility index (Phi) is 2.67. The number of hydrogen-bond donors (Lipinski definition) is 0. The third-order valence-corrected chi connectivity index (χ3v) is 3.60. The summed E-state index contributed by atoms with van der Waals surface area (Å²) >= 11 is 0. The van der Waals surface area contributed by atoms with Crippen LogP contribution in [-0.4, -0.2) is 7.11 Å². The van der Waals surface area contributed by atoms with Crippen molar-refractivity contribution in [2.45, 2.75) is 12.8 Å². The lowest BCUT2D eigenvalue weighted by Crippen LogP contribution is -1.99. The van der Waals surface area contributed by atoms with Crippen molar-refractivity contribution in [3.63, 3.8) is 0 Å². The molecule has 1 unspecified atom stereocenters. The van der Waals surface area contributed by atoms with Crippen molar-refractivity contribution < 1.29 is 4.74 Å². The monoisotopic (exact) mass is 236 g/mol. The predicted octanol–water partition coefficient (Wildman–Crippen LogP) is 4.45. The number of hydrogen-bond acceptors (Lipinski definition) is 1. The molecule has 18 heavy (non-hydrogen) atoms. The van der Waals surface area contributed by atoms with E-state index in [0.717, 1.165) is 5.75 Å². The largest absolute Gasteiger partial charge is 0.496 e. The van der Waals surface area contributed by atoms with Crippen LogP contribution >= 0.6 is 0 Å². The lowest BCUT2D eigenvalue weighted by molar-refractivity contribution is 0.414. The van der Waals surface area contributed by atoms with E-state index in [1.54, 1.807) is 7.11 Å². The molecule has 0 N–H and O–H groups in total. The van der Waals surface area contributed by atoms with Crippen molar-refractivity contribution in [2.24, 2.45) is 0 Å². The molecule has 0 bridgehead atoms. The highest BCUT2D eigenvalue weighted by Crippen LogP contribution is 2.39. The fourth-order valence-corrected chi connectivity index (χ4v) is 2.66. The number of rotatable bonds is 2. The third-order valence-electron chi connectivity index (χ3n) is 3.60. The lowest BCUT2D eigenvalue weighted by atomic mass is 9.91. The van der Waals surface area contributed by atoms with Gasteiger partial charge in [-0.2, -0.15) is 0 Å². The summed E-state index contributed by atoms with van der Waals surface area (Å²) < 4.78 is 5.66. The van der Waals surface area contributed by atoms with Crippen LogP contribution in [0.2, 0.25) is 0 Å². The first-order valence-corrected chi connectivity index (χ1v) is 6.22. The van der Waals surface area contributed by atoms with E-state index in [1.165, 1.54) is 21.9 Å². The molecule has 90 valence electrons. The normalized spacial score (nSPS) is 18.1. The summed E-state index contributed by atoms with van der Waals surface area (Å²) in [7, 11) is 1.75. The van der Waals surface area contributed by atoms with E-state index < -0.39 is 0 Å². The molecule has 1 aliphatic carbocycles. The molecule has 0 fully saturated rings. The SMILES string of the molecule is COc1c(C2C=CC=C2C)ccc2ccccc12. The van der Waals surface area contributed by atoms with Gasteiger partial charge in [0.1, 0.15) is 5.75 Å². The molecule has 1 aliphatic rings. The topological polar surface area (TPSA) is 9.23 Å².